The molecule has 19 heteroatoms. The Bertz CT molecular complexity index is 2070. The van der Waals surface area contributed by atoms with Gasteiger partial charge < -0.3 is 33.8 Å². The number of hydrogen-bond donors (Lipinski definition) is 3. The number of unbranched alkanes of at least 4 members (excludes halogenated alkanes) is 57. The Hall–Kier alpha value is -1.94. The van der Waals surface area contributed by atoms with E-state index in [9.17, 15) is 43.2 Å². The maximum atomic E-state index is 13.2. The van der Waals surface area contributed by atoms with Gasteiger partial charge in [-0.25, -0.2) is 9.13 Å². The van der Waals surface area contributed by atoms with Crippen molar-refractivity contribution >= 4 is 39.5 Å². The number of aliphatic hydroxyl groups is 1. The topological polar surface area (TPSA) is 237 Å². The summed E-state index contributed by atoms with van der Waals surface area (Å²) in [5.41, 5.74) is 0. The van der Waals surface area contributed by atoms with Crippen LogP contribution in [0, 0.1) is 11.8 Å². The van der Waals surface area contributed by atoms with Crippen molar-refractivity contribution in [2.24, 2.45) is 11.8 Å². The summed E-state index contributed by atoms with van der Waals surface area (Å²) < 4.78 is 69.0. The van der Waals surface area contributed by atoms with Gasteiger partial charge in [-0.15, -0.1) is 0 Å². The van der Waals surface area contributed by atoms with Crippen LogP contribution in [0.25, 0.3) is 0 Å². The number of aliphatic hydroxyl groups excluding tert-OH is 1. The molecule has 0 saturated carbocycles. The van der Waals surface area contributed by atoms with Gasteiger partial charge in [0.1, 0.15) is 19.3 Å². The number of carbonyl (C=O) groups excluding carboxylic acids is 4. The molecule has 3 N–H and O–H groups in total. The third-order valence-electron chi connectivity index (χ3n) is 21.3. The van der Waals surface area contributed by atoms with Crippen molar-refractivity contribution in [1.29, 1.82) is 0 Å². The highest BCUT2D eigenvalue weighted by Gasteiger charge is 2.31. The lowest BCUT2D eigenvalue weighted by molar-refractivity contribution is -0.161. The number of rotatable bonds is 88. The van der Waals surface area contributed by atoms with Gasteiger partial charge >= 0.3 is 39.5 Å². The zero-order chi connectivity index (χ0) is 79.2. The van der Waals surface area contributed by atoms with E-state index < -0.39 is 97.5 Å². The molecule has 0 amide bonds. The van der Waals surface area contributed by atoms with Crippen LogP contribution in [0.1, 0.15) is 478 Å². The molecule has 642 valence electrons. The van der Waals surface area contributed by atoms with Gasteiger partial charge in [0.25, 0.3) is 0 Å². The van der Waals surface area contributed by atoms with Gasteiger partial charge in [0, 0.05) is 25.7 Å². The number of phosphoric ester groups is 2. The predicted molar refractivity (Wildman–Crippen MR) is 446 cm³/mol. The molecule has 0 bridgehead atoms. The molecule has 0 aliphatic heterocycles. The molecule has 0 radical (unpaired) electrons. The molecule has 0 aromatic heterocycles. The van der Waals surface area contributed by atoms with E-state index in [0.29, 0.717) is 25.7 Å². The predicted octanol–water partition coefficient (Wildman–Crippen LogP) is 27.4. The fourth-order valence-corrected chi connectivity index (χ4v) is 15.5. The Balaban J connectivity index is 5.23. The van der Waals surface area contributed by atoms with E-state index in [4.69, 9.17) is 37.0 Å². The second-order valence-corrected chi connectivity index (χ2v) is 35.6. The molecule has 0 fully saturated rings. The third kappa shape index (κ3) is 80.7. The molecule has 0 aliphatic rings. The molecule has 0 heterocycles. The highest BCUT2D eigenvalue weighted by atomic mass is 31.2. The SMILES string of the molecule is CCCCCCCCCCCCCCCCCCCCC(=O)OC[C@H](COP(=O)(O)OC[C@@H](O)COP(=O)(O)OC[C@@H](COC(=O)CCCCCCCCCCC(C)C)OC(=O)CCCCCCCCCCCCCCCCCCC)OC(=O)CCCCCCCCCCCCCCCCCCCCC(C)CC. The van der Waals surface area contributed by atoms with Crippen molar-refractivity contribution in [3.8, 4) is 0 Å². The van der Waals surface area contributed by atoms with Gasteiger partial charge in [-0.2, -0.15) is 0 Å². The van der Waals surface area contributed by atoms with Crippen LogP contribution in [0.5, 0.6) is 0 Å². The smallest absolute Gasteiger partial charge is 0.462 e. The molecule has 3 unspecified atom stereocenters. The highest BCUT2D eigenvalue weighted by Crippen LogP contribution is 2.45. The molecular formula is C89H174O17P2. The molecule has 0 spiro atoms. The standard InChI is InChI=1S/C89H174O17P2/c1-7-10-12-14-16-18-20-22-24-26-31-34-38-42-46-53-59-65-71-86(91)99-77-84(105-88(93)73-68-62-56-48-44-40-36-32-28-27-30-33-37-41-45-52-58-64-70-82(6)9-3)79-103-107(95,96)101-75-83(90)76-102-108(97,98)104-80-85(78-100-87(92)72-66-60-54-50-49-51-57-63-69-81(4)5)106-89(94)74-67-61-55-47-43-39-35-29-25-23-21-19-17-15-13-11-8-2/h81-85,90H,7-80H2,1-6H3,(H,95,96)(H,97,98)/t82?,83-,84-,85-/m1/s1. The Morgan fingerprint density at radius 2 is 0.472 bits per heavy atom. The second-order valence-electron chi connectivity index (χ2n) is 32.7. The van der Waals surface area contributed by atoms with Crippen LogP contribution < -0.4 is 0 Å². The maximum absolute atomic E-state index is 13.2. The molecule has 17 nitrogen and oxygen atoms in total. The van der Waals surface area contributed by atoms with Gasteiger partial charge in [-0.05, 0) is 37.5 Å². The van der Waals surface area contributed by atoms with E-state index >= 15 is 0 Å². The molecule has 0 aromatic carbocycles. The van der Waals surface area contributed by atoms with Gasteiger partial charge in [0.05, 0.1) is 26.4 Å². The van der Waals surface area contributed by atoms with Crippen molar-refractivity contribution in [2.75, 3.05) is 39.6 Å². The Morgan fingerprint density at radius 1 is 0.269 bits per heavy atom. The van der Waals surface area contributed by atoms with Crippen LogP contribution in [-0.4, -0.2) is 96.7 Å². The lowest BCUT2D eigenvalue weighted by Gasteiger charge is -2.21. The van der Waals surface area contributed by atoms with E-state index in [1.165, 1.54) is 295 Å². The molecular weight excluding hydrogens is 1400 g/mol. The first-order valence-electron chi connectivity index (χ1n) is 46.0. The minimum absolute atomic E-state index is 0.108. The van der Waals surface area contributed by atoms with Crippen molar-refractivity contribution in [3.05, 3.63) is 0 Å². The first-order valence-corrected chi connectivity index (χ1v) is 49.0. The van der Waals surface area contributed by atoms with Crippen LogP contribution in [0.3, 0.4) is 0 Å². The van der Waals surface area contributed by atoms with Gasteiger partial charge in [0.15, 0.2) is 12.2 Å². The number of hydrogen-bond acceptors (Lipinski definition) is 15. The average molecular weight is 1580 g/mol. The molecule has 108 heavy (non-hydrogen) atoms. The van der Waals surface area contributed by atoms with Crippen molar-refractivity contribution in [2.45, 2.75) is 496 Å². The van der Waals surface area contributed by atoms with E-state index in [1.807, 2.05) is 0 Å². The first-order chi connectivity index (χ1) is 52.4. The van der Waals surface area contributed by atoms with Gasteiger partial charge in [-0.3, -0.25) is 37.3 Å². The number of phosphoric acid groups is 2. The van der Waals surface area contributed by atoms with Gasteiger partial charge in [0.2, 0.25) is 0 Å². The molecule has 0 aliphatic carbocycles. The Kier molecular flexibility index (Phi) is 78.8. The fourth-order valence-electron chi connectivity index (χ4n) is 13.9. The highest BCUT2D eigenvalue weighted by molar-refractivity contribution is 7.47. The Labute approximate surface area is 664 Å². The third-order valence-corrected chi connectivity index (χ3v) is 23.2. The number of ether oxygens (including phenoxy) is 4. The molecule has 0 rings (SSSR count). The van der Waals surface area contributed by atoms with Crippen LogP contribution in [-0.2, 0) is 65.4 Å². The quantitative estimate of drug-likeness (QED) is 0.0222. The summed E-state index contributed by atoms with van der Waals surface area (Å²) in [7, 11) is -9.93. The lowest BCUT2D eigenvalue weighted by atomic mass is 9.99. The summed E-state index contributed by atoms with van der Waals surface area (Å²) in [5, 5.41) is 10.7. The molecule has 6 atom stereocenters. The largest absolute Gasteiger partial charge is 0.472 e. The van der Waals surface area contributed by atoms with E-state index in [1.54, 1.807) is 0 Å². The fraction of sp³-hybridized carbons (Fsp3) is 0.955. The minimum Gasteiger partial charge on any atom is -0.462 e. The van der Waals surface area contributed by atoms with Crippen molar-refractivity contribution < 1.29 is 80.2 Å². The summed E-state index contributed by atoms with van der Waals surface area (Å²) in [6.07, 6.45) is 73.6. The molecule has 0 aromatic rings. The van der Waals surface area contributed by atoms with E-state index in [-0.39, 0.29) is 25.7 Å². The van der Waals surface area contributed by atoms with Crippen molar-refractivity contribution in [3.63, 3.8) is 0 Å². The summed E-state index contributed by atoms with van der Waals surface area (Å²) in [4.78, 5) is 73.3. The normalized spacial score (nSPS) is 14.0. The summed E-state index contributed by atoms with van der Waals surface area (Å²) in [6.45, 7) is 9.73. The van der Waals surface area contributed by atoms with E-state index in [0.717, 1.165) is 102 Å². The van der Waals surface area contributed by atoms with Crippen LogP contribution >= 0.6 is 15.6 Å². The van der Waals surface area contributed by atoms with Crippen molar-refractivity contribution in [1.82, 2.24) is 0 Å². The maximum Gasteiger partial charge on any atom is 0.472 e. The van der Waals surface area contributed by atoms with Crippen LogP contribution in [0.15, 0.2) is 0 Å². The zero-order valence-corrected chi connectivity index (χ0v) is 73.0. The second kappa shape index (κ2) is 80.3. The van der Waals surface area contributed by atoms with Crippen LogP contribution in [0.4, 0.5) is 0 Å². The molecule has 0 saturated heterocycles. The number of carbonyl (C=O) groups is 4. The lowest BCUT2D eigenvalue weighted by Crippen LogP contribution is -2.30. The van der Waals surface area contributed by atoms with Gasteiger partial charge in [-0.1, -0.05) is 427 Å². The zero-order valence-electron chi connectivity index (χ0n) is 71.2. The van der Waals surface area contributed by atoms with Crippen LogP contribution in [0.2, 0.25) is 0 Å². The first kappa shape index (κ1) is 106. The summed E-state index contributed by atoms with van der Waals surface area (Å²) >= 11 is 0. The Morgan fingerprint density at radius 3 is 0.704 bits per heavy atom. The monoisotopic (exact) mass is 1580 g/mol. The summed E-state index contributed by atoms with van der Waals surface area (Å²) in [6, 6.07) is 0. The summed E-state index contributed by atoms with van der Waals surface area (Å²) in [5.74, 6) is -0.501. The minimum atomic E-state index is -4.97. The number of esters is 4. The van der Waals surface area contributed by atoms with E-state index in [2.05, 4.69) is 41.5 Å². The average Bonchev–Trinajstić information content (AvgIpc) is 0.898.